The van der Waals surface area contributed by atoms with Crippen LogP contribution >= 0.6 is 11.3 Å². The third kappa shape index (κ3) is 3.70. The number of carboxylic acid groups (broad SMARTS) is 1. The van der Waals surface area contributed by atoms with Gasteiger partial charge < -0.3 is 25.8 Å². The average molecular weight is 494 g/mol. The fourth-order valence-electron chi connectivity index (χ4n) is 3.84. The van der Waals surface area contributed by atoms with Crippen LogP contribution in [0, 0.1) is 0 Å². The maximum atomic E-state index is 13.4. The summed E-state index contributed by atoms with van der Waals surface area (Å²) in [5, 5.41) is 12.6. The largest absolute Gasteiger partial charge is 0.480 e. The number of nitrogens with zero attached hydrogens (tertiary/aromatic N) is 3. The summed E-state index contributed by atoms with van der Waals surface area (Å²) in [5.74, 6) is -2.24. The van der Waals surface area contributed by atoms with Crippen LogP contribution in [0.2, 0.25) is 0 Å². The lowest BCUT2D eigenvalue weighted by Crippen LogP contribution is -2.59. The molecule has 4 heterocycles. The van der Waals surface area contributed by atoms with Gasteiger partial charge >= 0.3 is 12.1 Å². The highest BCUT2D eigenvalue weighted by Crippen LogP contribution is 2.49. The van der Waals surface area contributed by atoms with Crippen LogP contribution in [-0.2, 0) is 30.7 Å². The van der Waals surface area contributed by atoms with Gasteiger partial charge in [-0.2, -0.15) is 0 Å². The molecule has 0 bridgehead atoms. The summed E-state index contributed by atoms with van der Waals surface area (Å²) in [7, 11) is -4.29. The number of hydrogen-bond donors (Lipinski definition) is 3. The Kier molecular flexibility index (Phi) is 5.57. The van der Waals surface area contributed by atoms with Crippen LogP contribution in [0.1, 0.15) is 18.3 Å². The Labute approximate surface area is 192 Å². The van der Waals surface area contributed by atoms with Crippen molar-refractivity contribution in [3.05, 3.63) is 46.7 Å². The fraction of sp³-hybridized carbons (Fsp3) is 0.316. The lowest BCUT2D eigenvalue weighted by molar-refractivity contribution is -0.153. The summed E-state index contributed by atoms with van der Waals surface area (Å²) in [6, 6.07) is 3.18. The second-order valence-corrected chi connectivity index (χ2v) is 11.0. The number of carbonyl (C=O) groups is 3. The van der Waals surface area contributed by atoms with Crippen molar-refractivity contribution < 1.29 is 32.6 Å². The molecule has 4 N–H and O–H groups in total. The van der Waals surface area contributed by atoms with E-state index >= 15 is 0 Å². The molecule has 3 atom stereocenters. The predicted octanol–water partition coefficient (Wildman–Crippen LogP) is 0.239. The van der Waals surface area contributed by atoms with Crippen molar-refractivity contribution in [2.75, 3.05) is 12.3 Å². The van der Waals surface area contributed by atoms with Gasteiger partial charge in [-0.15, -0.1) is 11.3 Å². The maximum absolute atomic E-state index is 13.4. The van der Waals surface area contributed by atoms with Gasteiger partial charge in [-0.3, -0.25) is 9.78 Å². The molecule has 0 aromatic carbocycles. The van der Waals surface area contributed by atoms with Crippen LogP contribution in [0.5, 0.6) is 0 Å². The van der Waals surface area contributed by atoms with Crippen LogP contribution in [0.4, 0.5) is 9.93 Å². The van der Waals surface area contributed by atoms with E-state index < -0.39 is 50.6 Å². The number of nitrogens with one attached hydrogen (secondary N) is 1. The smallest absolute Gasteiger partial charge is 0.407 e. The lowest BCUT2D eigenvalue weighted by atomic mass is 9.94. The minimum absolute atomic E-state index is 0.0114. The molecule has 0 aliphatic carbocycles. The number of aromatic nitrogens is 2. The number of fused-ring (bicyclic) bond motifs is 1. The zero-order chi connectivity index (χ0) is 24.0. The van der Waals surface area contributed by atoms with E-state index in [2.05, 4.69) is 15.3 Å². The first-order valence-corrected chi connectivity index (χ1v) is 12.0. The number of rotatable bonds is 6. The van der Waals surface area contributed by atoms with Crippen molar-refractivity contribution in [1.82, 2.24) is 20.2 Å². The Balaban J connectivity index is 1.55. The zero-order valence-electron chi connectivity index (χ0n) is 17.2. The quantitative estimate of drug-likeness (QED) is 0.372. The number of pyridine rings is 1. The minimum Gasteiger partial charge on any atom is -0.480 e. The van der Waals surface area contributed by atoms with Gasteiger partial charge in [0, 0.05) is 11.6 Å². The van der Waals surface area contributed by atoms with Gasteiger partial charge in [0.15, 0.2) is 26.4 Å². The number of thiazole rings is 1. The second kappa shape index (κ2) is 8.12. The Hall–Kier alpha value is -3.52. The molecule has 2 fully saturated rings. The molecule has 2 aliphatic rings. The molecular weight excluding hydrogens is 474 g/mol. The molecule has 2 aliphatic heterocycles. The van der Waals surface area contributed by atoms with Crippen molar-refractivity contribution in [3.8, 4) is 0 Å². The number of nitrogen functional groups attached to an aromatic ring is 1. The van der Waals surface area contributed by atoms with E-state index in [0.717, 1.165) is 11.8 Å². The Morgan fingerprint density at radius 1 is 1.42 bits per heavy atom. The fourth-order valence-corrected chi connectivity index (χ4v) is 6.68. The standard InChI is InChI=1S/C19H19N5O7S2/c1-19(9-31-18(28)22-7-11-8-32-17(20)23-11)13(16(26)27)24-14(25)12(15(24)33(19,29)30)6-10-4-2-3-5-21-10/h2-6,8,13,15H,7,9H2,1H3,(H2,20,23)(H,22,28)(H,26,27)/b12-6-/t13-,15+,19-/m0/s1. The number of sulfone groups is 1. The SMILES string of the molecule is C[C@]1(COC(=O)NCc2csc(N)n2)[C@H](C(=O)O)N2C(=O)/C(=C/c3ccccn3)[C@H]2S1(=O)=O. The summed E-state index contributed by atoms with van der Waals surface area (Å²) in [6.45, 7) is 0.372. The number of carboxylic acids is 1. The highest BCUT2D eigenvalue weighted by atomic mass is 32.2. The van der Waals surface area contributed by atoms with E-state index in [4.69, 9.17) is 10.5 Å². The first-order chi connectivity index (χ1) is 15.6. The maximum Gasteiger partial charge on any atom is 0.407 e. The molecule has 0 radical (unpaired) electrons. The van der Waals surface area contributed by atoms with E-state index in [0.29, 0.717) is 16.5 Å². The van der Waals surface area contributed by atoms with E-state index in [1.165, 1.54) is 23.6 Å². The third-order valence-corrected chi connectivity index (χ3v) is 8.93. The molecule has 0 spiro atoms. The van der Waals surface area contributed by atoms with Crippen molar-refractivity contribution in [3.63, 3.8) is 0 Å². The Bertz CT molecular complexity index is 1260. The summed E-state index contributed by atoms with van der Waals surface area (Å²) in [6.07, 6.45) is 1.83. The summed E-state index contributed by atoms with van der Waals surface area (Å²) in [4.78, 5) is 45.6. The van der Waals surface area contributed by atoms with Crippen molar-refractivity contribution in [1.29, 1.82) is 0 Å². The van der Waals surface area contributed by atoms with E-state index in [1.54, 1.807) is 23.6 Å². The number of amides is 2. The van der Waals surface area contributed by atoms with Crippen molar-refractivity contribution in [2.45, 2.75) is 29.6 Å². The van der Waals surface area contributed by atoms with Crippen LogP contribution in [-0.4, -0.2) is 69.1 Å². The van der Waals surface area contributed by atoms with Gasteiger partial charge in [0.25, 0.3) is 5.91 Å². The number of hydrogen-bond acceptors (Lipinski definition) is 10. The van der Waals surface area contributed by atoms with Crippen molar-refractivity contribution >= 4 is 50.4 Å². The number of nitrogens with two attached hydrogens (primary N) is 1. The van der Waals surface area contributed by atoms with Crippen molar-refractivity contribution in [2.24, 2.45) is 0 Å². The number of ether oxygens (including phenoxy) is 1. The van der Waals surface area contributed by atoms with E-state index in [-0.39, 0.29) is 12.1 Å². The number of aliphatic carboxylic acids is 1. The Morgan fingerprint density at radius 3 is 2.79 bits per heavy atom. The summed E-state index contributed by atoms with van der Waals surface area (Å²) in [5.41, 5.74) is 6.27. The van der Waals surface area contributed by atoms with Gasteiger partial charge in [0.1, 0.15) is 11.4 Å². The molecule has 2 amide bonds. The van der Waals surface area contributed by atoms with Crippen LogP contribution in [0.3, 0.4) is 0 Å². The first-order valence-electron chi connectivity index (χ1n) is 9.58. The molecule has 2 saturated heterocycles. The predicted molar refractivity (Wildman–Crippen MR) is 116 cm³/mol. The third-order valence-electron chi connectivity index (χ3n) is 5.50. The molecule has 33 heavy (non-hydrogen) atoms. The molecule has 2 aromatic heterocycles. The van der Waals surface area contributed by atoms with E-state index in [1.807, 2.05) is 0 Å². The average Bonchev–Trinajstić information content (AvgIpc) is 3.26. The molecule has 12 nitrogen and oxygen atoms in total. The van der Waals surface area contributed by atoms with Gasteiger partial charge in [-0.1, -0.05) is 6.07 Å². The first kappa shape index (κ1) is 22.7. The minimum atomic E-state index is -4.29. The molecule has 0 saturated carbocycles. The summed E-state index contributed by atoms with van der Waals surface area (Å²) < 4.78 is 29.8. The molecular formula is C19H19N5O7S2. The number of β-lactam (4-membered cyclic amide) rings is 1. The molecule has 4 rings (SSSR count). The lowest BCUT2D eigenvalue weighted by Gasteiger charge is -2.37. The normalized spacial score (nSPS) is 26.5. The van der Waals surface area contributed by atoms with Crippen LogP contribution in [0.15, 0.2) is 35.3 Å². The number of carbonyl (C=O) groups excluding carboxylic acids is 2. The summed E-state index contributed by atoms with van der Waals surface area (Å²) >= 11 is 1.18. The Morgan fingerprint density at radius 2 is 2.18 bits per heavy atom. The molecule has 0 unspecified atom stereocenters. The number of alkyl carbamates (subject to hydrolysis) is 1. The van der Waals surface area contributed by atoms with Gasteiger partial charge in [0.2, 0.25) is 0 Å². The topological polar surface area (TPSA) is 182 Å². The van der Waals surface area contributed by atoms with Gasteiger partial charge in [0.05, 0.1) is 23.5 Å². The highest BCUT2D eigenvalue weighted by molar-refractivity contribution is 7.94. The van der Waals surface area contributed by atoms with Crippen LogP contribution in [0.25, 0.3) is 6.08 Å². The molecule has 14 heteroatoms. The monoisotopic (exact) mass is 493 g/mol. The van der Waals surface area contributed by atoms with Gasteiger partial charge in [-0.25, -0.2) is 23.0 Å². The van der Waals surface area contributed by atoms with Crippen LogP contribution < -0.4 is 11.1 Å². The second-order valence-electron chi connectivity index (χ2n) is 7.62. The molecule has 2 aromatic rings. The molecule has 174 valence electrons. The van der Waals surface area contributed by atoms with E-state index in [9.17, 15) is 27.9 Å². The zero-order valence-corrected chi connectivity index (χ0v) is 18.8. The van der Waals surface area contributed by atoms with Gasteiger partial charge in [-0.05, 0) is 25.1 Å². The number of anilines is 1. The highest BCUT2D eigenvalue weighted by Gasteiger charge is 2.72.